The van der Waals surface area contributed by atoms with Gasteiger partial charge >= 0.3 is 11.8 Å². The van der Waals surface area contributed by atoms with Crippen LogP contribution in [-0.4, -0.2) is 57.2 Å². The molecular formula is C18H22N6O3. The van der Waals surface area contributed by atoms with E-state index in [1.54, 1.807) is 13.0 Å². The molecule has 3 aliphatic rings. The minimum absolute atomic E-state index is 0.144. The highest BCUT2D eigenvalue weighted by molar-refractivity contribution is 6.39. The van der Waals surface area contributed by atoms with E-state index in [9.17, 15) is 14.4 Å². The standard InChI is InChI=1S/C18H22N6O3/c1-11-10-14(20-16(26)17(27)23-8-4-5-9-23)24(22-11)18-19-13-7-3-2-6-12(13)15(25)21-18/h10,12H,2-9H2,1H3,(H,20,26). The van der Waals surface area contributed by atoms with Gasteiger partial charge in [-0.15, -0.1) is 0 Å². The second-order valence-corrected chi connectivity index (χ2v) is 7.19. The van der Waals surface area contributed by atoms with Crippen molar-refractivity contribution in [2.45, 2.75) is 45.4 Å². The Balaban J connectivity index is 1.58. The highest BCUT2D eigenvalue weighted by atomic mass is 16.2. The molecule has 1 atom stereocenters. The first-order valence-corrected chi connectivity index (χ1v) is 9.40. The van der Waals surface area contributed by atoms with Crippen LogP contribution in [-0.2, 0) is 14.4 Å². The molecule has 1 unspecified atom stereocenters. The summed E-state index contributed by atoms with van der Waals surface area (Å²) < 4.78 is 1.33. The van der Waals surface area contributed by atoms with Crippen molar-refractivity contribution in [2.24, 2.45) is 15.9 Å². The zero-order valence-electron chi connectivity index (χ0n) is 15.3. The number of rotatable bonds is 1. The SMILES string of the molecule is Cc1cc(NC(=O)C(=O)N2CCCC2)n(C2=NC(=O)C3CCCCC3=N2)n1. The number of nitrogens with zero attached hydrogens (tertiary/aromatic N) is 5. The number of carbonyl (C=O) groups excluding carboxylic acids is 3. The fourth-order valence-corrected chi connectivity index (χ4v) is 3.79. The van der Waals surface area contributed by atoms with Crippen LogP contribution < -0.4 is 5.32 Å². The molecule has 3 heterocycles. The molecule has 142 valence electrons. The van der Waals surface area contributed by atoms with Crippen molar-refractivity contribution in [3.8, 4) is 0 Å². The Bertz CT molecular complexity index is 862. The first-order valence-electron chi connectivity index (χ1n) is 9.40. The molecular weight excluding hydrogens is 348 g/mol. The molecule has 2 fully saturated rings. The predicted octanol–water partition coefficient (Wildman–Crippen LogP) is 1.13. The number of hydrogen-bond donors (Lipinski definition) is 1. The summed E-state index contributed by atoms with van der Waals surface area (Å²) in [7, 11) is 0. The Labute approximate surface area is 156 Å². The third kappa shape index (κ3) is 3.41. The molecule has 0 aromatic carbocycles. The summed E-state index contributed by atoms with van der Waals surface area (Å²) in [6.45, 7) is 2.96. The highest BCUT2D eigenvalue weighted by Crippen LogP contribution is 2.26. The molecule has 27 heavy (non-hydrogen) atoms. The maximum Gasteiger partial charge on any atom is 0.315 e. The Morgan fingerprint density at radius 3 is 2.70 bits per heavy atom. The van der Waals surface area contributed by atoms with Crippen molar-refractivity contribution in [1.29, 1.82) is 0 Å². The monoisotopic (exact) mass is 370 g/mol. The zero-order valence-corrected chi connectivity index (χ0v) is 15.3. The van der Waals surface area contributed by atoms with Gasteiger partial charge in [0.25, 0.3) is 11.9 Å². The molecule has 1 saturated carbocycles. The minimum Gasteiger partial charge on any atom is -0.334 e. The van der Waals surface area contributed by atoms with Crippen LogP contribution in [0.2, 0.25) is 0 Å². The number of anilines is 1. The van der Waals surface area contributed by atoms with Crippen molar-refractivity contribution in [3.05, 3.63) is 11.8 Å². The summed E-state index contributed by atoms with van der Waals surface area (Å²) in [5.74, 6) is -1.29. The number of fused-ring (bicyclic) bond motifs is 1. The van der Waals surface area contributed by atoms with Crippen molar-refractivity contribution in [1.82, 2.24) is 14.7 Å². The van der Waals surface area contributed by atoms with Gasteiger partial charge in [0.2, 0.25) is 0 Å². The molecule has 1 N–H and O–H groups in total. The zero-order chi connectivity index (χ0) is 19.0. The van der Waals surface area contributed by atoms with Crippen LogP contribution in [0.5, 0.6) is 0 Å². The maximum atomic E-state index is 12.4. The maximum absolute atomic E-state index is 12.4. The lowest BCUT2D eigenvalue weighted by Crippen LogP contribution is -2.38. The van der Waals surface area contributed by atoms with Crippen LogP contribution in [0.1, 0.15) is 44.2 Å². The molecule has 0 radical (unpaired) electrons. The molecule has 4 rings (SSSR count). The second-order valence-electron chi connectivity index (χ2n) is 7.19. The van der Waals surface area contributed by atoms with E-state index < -0.39 is 11.8 Å². The summed E-state index contributed by atoms with van der Waals surface area (Å²) >= 11 is 0. The first kappa shape index (κ1) is 17.6. The van der Waals surface area contributed by atoms with Gasteiger partial charge in [-0.3, -0.25) is 14.4 Å². The Hall–Kier alpha value is -2.84. The lowest BCUT2D eigenvalue weighted by Gasteiger charge is -2.24. The third-order valence-corrected chi connectivity index (χ3v) is 5.18. The lowest BCUT2D eigenvalue weighted by molar-refractivity contribution is -0.142. The van der Waals surface area contributed by atoms with Gasteiger partial charge in [0.15, 0.2) is 0 Å². The van der Waals surface area contributed by atoms with E-state index in [-0.39, 0.29) is 23.6 Å². The van der Waals surface area contributed by atoms with E-state index in [1.165, 1.54) is 9.58 Å². The van der Waals surface area contributed by atoms with Crippen LogP contribution in [0.25, 0.3) is 0 Å². The molecule has 1 aromatic rings. The van der Waals surface area contributed by atoms with Gasteiger partial charge in [-0.05, 0) is 39.0 Å². The van der Waals surface area contributed by atoms with Crippen LogP contribution in [0.4, 0.5) is 5.82 Å². The summed E-state index contributed by atoms with van der Waals surface area (Å²) in [4.78, 5) is 47.1. The topological polar surface area (TPSA) is 109 Å². The summed E-state index contributed by atoms with van der Waals surface area (Å²) in [5.41, 5.74) is 1.45. The highest BCUT2D eigenvalue weighted by Gasteiger charge is 2.32. The van der Waals surface area contributed by atoms with Crippen molar-refractivity contribution >= 4 is 35.2 Å². The van der Waals surface area contributed by atoms with E-state index in [1.807, 2.05) is 0 Å². The van der Waals surface area contributed by atoms with Gasteiger partial charge < -0.3 is 10.2 Å². The largest absolute Gasteiger partial charge is 0.334 e. The minimum atomic E-state index is -0.719. The Kier molecular flexibility index (Phi) is 4.59. The molecule has 1 aromatic heterocycles. The first-order chi connectivity index (χ1) is 13.0. The summed E-state index contributed by atoms with van der Waals surface area (Å²) in [6.07, 6.45) is 5.37. The average Bonchev–Trinajstić information content (AvgIpc) is 3.31. The average molecular weight is 370 g/mol. The smallest absolute Gasteiger partial charge is 0.315 e. The van der Waals surface area contributed by atoms with E-state index in [4.69, 9.17) is 0 Å². The number of nitrogens with one attached hydrogen (secondary N) is 1. The molecule has 9 nitrogen and oxygen atoms in total. The number of aromatic nitrogens is 2. The quantitative estimate of drug-likeness (QED) is 0.747. The molecule has 1 aliphatic carbocycles. The molecule has 0 spiro atoms. The number of likely N-dealkylation sites (tertiary alicyclic amines) is 1. The second kappa shape index (κ2) is 7.05. The number of aliphatic imine (C=N–C) groups is 2. The fourth-order valence-electron chi connectivity index (χ4n) is 3.79. The van der Waals surface area contributed by atoms with Crippen LogP contribution in [0.15, 0.2) is 16.1 Å². The fraction of sp³-hybridized carbons (Fsp3) is 0.556. The van der Waals surface area contributed by atoms with E-state index >= 15 is 0 Å². The third-order valence-electron chi connectivity index (χ3n) is 5.18. The molecule has 2 aliphatic heterocycles. The van der Waals surface area contributed by atoms with Crippen molar-refractivity contribution in [3.63, 3.8) is 0 Å². The Morgan fingerprint density at radius 2 is 1.93 bits per heavy atom. The van der Waals surface area contributed by atoms with Crippen molar-refractivity contribution in [2.75, 3.05) is 18.4 Å². The van der Waals surface area contributed by atoms with Crippen LogP contribution in [0, 0.1) is 12.8 Å². The van der Waals surface area contributed by atoms with Crippen LogP contribution >= 0.6 is 0 Å². The van der Waals surface area contributed by atoms with Gasteiger partial charge in [0, 0.05) is 24.9 Å². The van der Waals surface area contributed by atoms with Gasteiger partial charge in [-0.25, -0.2) is 4.99 Å². The van der Waals surface area contributed by atoms with Gasteiger partial charge in [-0.2, -0.15) is 14.8 Å². The number of carbonyl (C=O) groups is 3. The normalized spacial score (nSPS) is 22.2. The van der Waals surface area contributed by atoms with E-state index in [0.717, 1.165) is 44.2 Å². The Morgan fingerprint density at radius 1 is 1.15 bits per heavy atom. The molecule has 3 amide bonds. The molecule has 1 saturated heterocycles. The lowest BCUT2D eigenvalue weighted by atomic mass is 9.86. The van der Waals surface area contributed by atoms with Gasteiger partial charge in [0.1, 0.15) is 5.82 Å². The van der Waals surface area contributed by atoms with Gasteiger partial charge in [0.05, 0.1) is 11.6 Å². The summed E-state index contributed by atoms with van der Waals surface area (Å²) in [5, 5.41) is 6.90. The number of amides is 3. The van der Waals surface area contributed by atoms with Gasteiger partial charge in [-0.1, -0.05) is 6.42 Å². The van der Waals surface area contributed by atoms with E-state index in [2.05, 4.69) is 20.4 Å². The summed E-state index contributed by atoms with van der Waals surface area (Å²) in [6, 6.07) is 1.63. The van der Waals surface area contributed by atoms with E-state index in [0.29, 0.717) is 18.8 Å². The predicted molar refractivity (Wildman–Crippen MR) is 98.6 cm³/mol. The molecule has 0 bridgehead atoms. The molecule has 9 heteroatoms. The number of hydrogen-bond acceptors (Lipinski definition) is 5. The number of aryl methyl sites for hydroxylation is 1. The van der Waals surface area contributed by atoms with Crippen LogP contribution in [0.3, 0.4) is 0 Å². The van der Waals surface area contributed by atoms with Crippen molar-refractivity contribution < 1.29 is 14.4 Å².